The van der Waals surface area contributed by atoms with E-state index in [1.165, 1.54) is 37.0 Å². The van der Waals surface area contributed by atoms with Crippen molar-refractivity contribution in [3.05, 3.63) is 21.3 Å². The van der Waals surface area contributed by atoms with E-state index < -0.39 is 0 Å². The normalized spacial score (nSPS) is 12.0. The van der Waals surface area contributed by atoms with Crippen LogP contribution in [0.25, 0.3) is 0 Å². The highest BCUT2D eigenvalue weighted by atomic mass is 35.5. The van der Waals surface area contributed by atoms with Crippen LogP contribution in [0.1, 0.15) is 51.3 Å². The van der Waals surface area contributed by atoms with Crippen LogP contribution in [0.5, 0.6) is 0 Å². The summed E-state index contributed by atoms with van der Waals surface area (Å²) in [5.74, 6) is 0. The summed E-state index contributed by atoms with van der Waals surface area (Å²) in [6.07, 6.45) is 6.39. The van der Waals surface area contributed by atoms with Gasteiger partial charge in [0.1, 0.15) is 0 Å². The Morgan fingerprint density at radius 2 is 1.82 bits per heavy atom. The molecule has 0 unspecified atom stereocenters. The first-order valence-electron chi connectivity index (χ1n) is 6.47. The van der Waals surface area contributed by atoms with E-state index in [0.29, 0.717) is 0 Å². The molecule has 0 aliphatic heterocycles. The molecule has 0 spiro atoms. The Hall–Kier alpha value is -0.0500. The van der Waals surface area contributed by atoms with Crippen LogP contribution in [0, 0.1) is 0 Å². The number of hydrogen-bond donors (Lipinski definition) is 1. The van der Waals surface area contributed by atoms with Gasteiger partial charge in [0.2, 0.25) is 0 Å². The third-order valence-electron chi connectivity index (χ3n) is 2.63. The Bertz CT molecular complexity index is 314. The van der Waals surface area contributed by atoms with Gasteiger partial charge in [-0.15, -0.1) is 11.3 Å². The van der Waals surface area contributed by atoms with Gasteiger partial charge >= 0.3 is 0 Å². The van der Waals surface area contributed by atoms with Gasteiger partial charge in [-0.2, -0.15) is 0 Å². The summed E-state index contributed by atoms with van der Waals surface area (Å²) in [7, 11) is 0. The lowest BCUT2D eigenvalue weighted by Crippen LogP contribution is -2.36. The molecule has 0 fully saturated rings. The Balaban J connectivity index is 1.95. The molecule has 1 heterocycles. The van der Waals surface area contributed by atoms with Crippen molar-refractivity contribution in [1.82, 2.24) is 5.32 Å². The monoisotopic (exact) mass is 273 g/mol. The van der Waals surface area contributed by atoms with Gasteiger partial charge < -0.3 is 5.32 Å². The fraction of sp³-hybridized carbons (Fsp3) is 0.714. The second-order valence-corrected chi connectivity index (χ2v) is 7.35. The lowest BCUT2D eigenvalue weighted by atomic mass is 10.1. The number of nitrogens with one attached hydrogen (secondary N) is 1. The average Bonchev–Trinajstić information content (AvgIpc) is 2.61. The zero-order valence-electron chi connectivity index (χ0n) is 11.2. The van der Waals surface area contributed by atoms with Crippen LogP contribution in [0.3, 0.4) is 0 Å². The summed E-state index contributed by atoms with van der Waals surface area (Å²) in [6.45, 7) is 7.78. The molecular weight excluding hydrogens is 250 g/mol. The van der Waals surface area contributed by atoms with Crippen molar-refractivity contribution in [2.75, 3.05) is 6.54 Å². The quantitative estimate of drug-likeness (QED) is 0.697. The topological polar surface area (TPSA) is 12.0 Å². The van der Waals surface area contributed by atoms with E-state index in [1.54, 1.807) is 11.3 Å². The van der Waals surface area contributed by atoms with Crippen molar-refractivity contribution >= 4 is 22.9 Å². The molecule has 0 saturated heterocycles. The number of thiophene rings is 1. The lowest BCUT2D eigenvalue weighted by Gasteiger charge is -2.20. The second-order valence-electron chi connectivity index (χ2n) is 5.55. The van der Waals surface area contributed by atoms with Gasteiger partial charge in [0.25, 0.3) is 0 Å². The fourth-order valence-corrected chi connectivity index (χ4v) is 2.86. The minimum atomic E-state index is 0.258. The zero-order valence-corrected chi connectivity index (χ0v) is 12.8. The van der Waals surface area contributed by atoms with Crippen LogP contribution in [0.4, 0.5) is 0 Å². The van der Waals surface area contributed by atoms with Crippen LogP contribution >= 0.6 is 22.9 Å². The van der Waals surface area contributed by atoms with Crippen molar-refractivity contribution in [3.8, 4) is 0 Å². The molecule has 0 bridgehead atoms. The Kier molecular flexibility index (Phi) is 6.53. The smallest absolute Gasteiger partial charge is 0.0931 e. The average molecular weight is 274 g/mol. The number of aryl methyl sites for hydroxylation is 1. The fourth-order valence-electron chi connectivity index (χ4n) is 1.73. The van der Waals surface area contributed by atoms with Gasteiger partial charge in [-0.1, -0.05) is 24.4 Å². The van der Waals surface area contributed by atoms with Gasteiger partial charge in [0, 0.05) is 10.4 Å². The summed E-state index contributed by atoms with van der Waals surface area (Å²) >= 11 is 7.61. The number of unbranched alkanes of at least 4 members (excludes halogenated alkanes) is 3. The van der Waals surface area contributed by atoms with E-state index in [2.05, 4.69) is 32.2 Å². The highest BCUT2D eigenvalue weighted by Gasteiger charge is 2.06. The summed E-state index contributed by atoms with van der Waals surface area (Å²) in [4.78, 5) is 1.42. The van der Waals surface area contributed by atoms with E-state index in [1.807, 2.05) is 6.07 Å². The third kappa shape index (κ3) is 7.80. The minimum Gasteiger partial charge on any atom is -0.312 e. The summed E-state index contributed by atoms with van der Waals surface area (Å²) in [5.41, 5.74) is 0.258. The van der Waals surface area contributed by atoms with Crippen LogP contribution in [-0.4, -0.2) is 12.1 Å². The zero-order chi connectivity index (χ0) is 12.7. The Morgan fingerprint density at radius 3 is 2.41 bits per heavy atom. The molecule has 0 aromatic carbocycles. The second kappa shape index (κ2) is 7.40. The molecule has 98 valence electrons. The van der Waals surface area contributed by atoms with Gasteiger partial charge in [-0.25, -0.2) is 0 Å². The molecule has 1 nitrogen and oxygen atoms in total. The number of halogens is 1. The van der Waals surface area contributed by atoms with Crippen molar-refractivity contribution in [1.29, 1.82) is 0 Å². The summed E-state index contributed by atoms with van der Waals surface area (Å²) in [5, 5.41) is 3.52. The number of rotatable bonds is 7. The first kappa shape index (κ1) is 15.0. The highest BCUT2D eigenvalue weighted by molar-refractivity contribution is 7.16. The predicted octanol–water partition coefficient (Wildman–Crippen LogP) is 4.89. The largest absolute Gasteiger partial charge is 0.312 e. The molecule has 0 radical (unpaired) electrons. The van der Waals surface area contributed by atoms with E-state index in [4.69, 9.17) is 11.6 Å². The van der Waals surface area contributed by atoms with E-state index in [0.717, 1.165) is 10.9 Å². The molecule has 17 heavy (non-hydrogen) atoms. The molecular formula is C14H24ClNS. The van der Waals surface area contributed by atoms with Crippen LogP contribution in [0.15, 0.2) is 12.1 Å². The van der Waals surface area contributed by atoms with Crippen molar-refractivity contribution in [2.24, 2.45) is 0 Å². The first-order chi connectivity index (χ1) is 7.97. The maximum absolute atomic E-state index is 5.89. The van der Waals surface area contributed by atoms with E-state index >= 15 is 0 Å². The van der Waals surface area contributed by atoms with Gasteiger partial charge in [0.15, 0.2) is 0 Å². The summed E-state index contributed by atoms with van der Waals surface area (Å²) in [6, 6.07) is 4.14. The maximum atomic E-state index is 5.89. The molecule has 0 aliphatic rings. The molecule has 1 aromatic heterocycles. The third-order valence-corrected chi connectivity index (χ3v) is 3.93. The van der Waals surface area contributed by atoms with Crippen molar-refractivity contribution in [2.45, 2.75) is 58.4 Å². The Labute approximate surface area is 115 Å². The molecule has 3 heteroatoms. The minimum absolute atomic E-state index is 0.258. The van der Waals surface area contributed by atoms with Crippen LogP contribution < -0.4 is 5.32 Å². The molecule has 0 atom stereocenters. The maximum Gasteiger partial charge on any atom is 0.0931 e. The standard InChI is InChI=1S/C14H24ClNS/c1-14(2,3)16-11-7-5-4-6-8-12-9-10-13(15)17-12/h9-10,16H,4-8,11H2,1-3H3. The van der Waals surface area contributed by atoms with Crippen molar-refractivity contribution in [3.63, 3.8) is 0 Å². The predicted molar refractivity (Wildman–Crippen MR) is 79.3 cm³/mol. The van der Waals surface area contributed by atoms with Gasteiger partial charge in [-0.05, 0) is 58.7 Å². The lowest BCUT2D eigenvalue weighted by molar-refractivity contribution is 0.416. The molecule has 0 saturated carbocycles. The summed E-state index contributed by atoms with van der Waals surface area (Å²) < 4.78 is 0.911. The molecule has 0 aliphatic carbocycles. The van der Waals surface area contributed by atoms with Crippen molar-refractivity contribution < 1.29 is 0 Å². The highest BCUT2D eigenvalue weighted by Crippen LogP contribution is 2.23. The Morgan fingerprint density at radius 1 is 1.12 bits per heavy atom. The van der Waals surface area contributed by atoms with Crippen LogP contribution in [0.2, 0.25) is 4.34 Å². The molecule has 1 aromatic rings. The first-order valence-corrected chi connectivity index (χ1v) is 7.66. The number of hydrogen-bond acceptors (Lipinski definition) is 2. The van der Waals surface area contributed by atoms with Crippen LogP contribution in [-0.2, 0) is 6.42 Å². The van der Waals surface area contributed by atoms with E-state index in [9.17, 15) is 0 Å². The molecule has 1 rings (SSSR count). The SMILES string of the molecule is CC(C)(C)NCCCCCCc1ccc(Cl)s1. The molecule has 1 N–H and O–H groups in total. The van der Waals surface area contributed by atoms with E-state index in [-0.39, 0.29) is 5.54 Å². The molecule has 0 amide bonds. The van der Waals surface area contributed by atoms with Gasteiger partial charge in [0.05, 0.1) is 4.34 Å². The van der Waals surface area contributed by atoms with Gasteiger partial charge in [-0.3, -0.25) is 0 Å².